The van der Waals surface area contributed by atoms with Crippen LogP contribution in [0.3, 0.4) is 0 Å². The quantitative estimate of drug-likeness (QED) is 0.802. The standard InChI is InChI=1S/C15H16Cl2N4O3S2/c1-10-9-25-14(18-10)19-15(22)20-5-7-21(8-6-20)26(23,24)12-4-2-3-11(16)13(12)17/h2-4,9H,5-8H2,1H3,(H,18,19,22). The number of carbonyl (C=O) groups is 1. The van der Waals surface area contributed by atoms with Gasteiger partial charge in [0.1, 0.15) is 4.90 Å². The minimum absolute atomic E-state index is 0.00785. The SMILES string of the molecule is Cc1csc(NC(=O)N2CCN(S(=O)(=O)c3cccc(Cl)c3Cl)CC2)n1. The molecule has 7 nitrogen and oxygen atoms in total. The van der Waals surface area contributed by atoms with Crippen LogP contribution in [0.15, 0.2) is 28.5 Å². The van der Waals surface area contributed by atoms with Crippen molar-refractivity contribution in [3.05, 3.63) is 39.3 Å². The van der Waals surface area contributed by atoms with Gasteiger partial charge in [-0.05, 0) is 19.1 Å². The van der Waals surface area contributed by atoms with E-state index < -0.39 is 10.0 Å². The Morgan fingerprint density at radius 1 is 1.23 bits per heavy atom. The molecule has 1 aromatic carbocycles. The Kier molecular flexibility index (Phi) is 5.73. The number of rotatable bonds is 3. The van der Waals surface area contributed by atoms with E-state index >= 15 is 0 Å². The number of urea groups is 1. The van der Waals surface area contributed by atoms with Gasteiger partial charge >= 0.3 is 6.03 Å². The minimum atomic E-state index is -3.77. The molecule has 1 fully saturated rings. The zero-order valence-electron chi connectivity index (χ0n) is 13.8. The molecule has 0 bridgehead atoms. The fourth-order valence-corrected chi connectivity index (χ4v) is 5.37. The van der Waals surface area contributed by atoms with E-state index in [-0.39, 0.29) is 47.2 Å². The number of nitrogens with zero attached hydrogens (tertiary/aromatic N) is 3. The van der Waals surface area contributed by atoms with E-state index in [0.717, 1.165) is 5.69 Å². The third kappa shape index (κ3) is 3.96. The number of carbonyl (C=O) groups excluding carboxylic acids is 1. The summed E-state index contributed by atoms with van der Waals surface area (Å²) in [5.74, 6) is 0. The normalized spacial score (nSPS) is 15.9. The van der Waals surface area contributed by atoms with Gasteiger partial charge < -0.3 is 4.90 Å². The van der Waals surface area contributed by atoms with Crippen LogP contribution >= 0.6 is 34.5 Å². The Morgan fingerprint density at radius 2 is 1.92 bits per heavy atom. The van der Waals surface area contributed by atoms with Gasteiger partial charge in [-0.2, -0.15) is 4.31 Å². The fourth-order valence-electron chi connectivity index (χ4n) is 2.54. The zero-order valence-corrected chi connectivity index (χ0v) is 16.9. The van der Waals surface area contributed by atoms with Crippen molar-refractivity contribution in [2.24, 2.45) is 0 Å². The second-order valence-corrected chi connectivity index (χ2v) is 9.22. The van der Waals surface area contributed by atoms with Crippen molar-refractivity contribution in [2.45, 2.75) is 11.8 Å². The van der Waals surface area contributed by atoms with Gasteiger partial charge in [0, 0.05) is 31.6 Å². The molecule has 0 unspecified atom stereocenters. The molecule has 3 rings (SSSR count). The molecule has 1 saturated heterocycles. The molecule has 2 heterocycles. The topological polar surface area (TPSA) is 82.6 Å². The molecule has 2 amide bonds. The number of hydrogen-bond donors (Lipinski definition) is 1. The number of hydrogen-bond acceptors (Lipinski definition) is 5. The predicted molar refractivity (Wildman–Crippen MR) is 103 cm³/mol. The van der Waals surface area contributed by atoms with Crippen LogP contribution in [0.5, 0.6) is 0 Å². The van der Waals surface area contributed by atoms with Crippen molar-refractivity contribution >= 4 is 55.7 Å². The average Bonchev–Trinajstić information content (AvgIpc) is 3.02. The number of anilines is 1. The first-order valence-corrected chi connectivity index (χ1v) is 10.8. The van der Waals surface area contributed by atoms with Gasteiger partial charge in [-0.15, -0.1) is 11.3 Å². The smallest absolute Gasteiger partial charge is 0.322 e. The molecule has 1 aliphatic rings. The molecule has 2 aromatic rings. The Bertz CT molecular complexity index is 925. The van der Waals surface area contributed by atoms with Crippen molar-refractivity contribution < 1.29 is 13.2 Å². The number of sulfonamides is 1. The first kappa shape index (κ1) is 19.4. The number of piperazine rings is 1. The second kappa shape index (κ2) is 7.69. The summed E-state index contributed by atoms with van der Waals surface area (Å²) in [7, 11) is -3.77. The average molecular weight is 435 g/mol. The zero-order chi connectivity index (χ0) is 18.9. The Hall–Kier alpha value is -1.39. The number of amides is 2. The maximum absolute atomic E-state index is 12.8. The van der Waals surface area contributed by atoms with Crippen LogP contribution < -0.4 is 5.32 Å². The van der Waals surface area contributed by atoms with E-state index in [1.165, 1.54) is 27.8 Å². The van der Waals surface area contributed by atoms with Gasteiger partial charge in [0.2, 0.25) is 10.0 Å². The third-order valence-corrected chi connectivity index (χ3v) is 7.64. The molecule has 0 radical (unpaired) electrons. The summed E-state index contributed by atoms with van der Waals surface area (Å²) in [5, 5.41) is 5.28. The number of benzene rings is 1. The van der Waals surface area contributed by atoms with E-state index in [9.17, 15) is 13.2 Å². The molecule has 0 aliphatic carbocycles. The van der Waals surface area contributed by atoms with Crippen LogP contribution in [0.25, 0.3) is 0 Å². The van der Waals surface area contributed by atoms with Crippen molar-refractivity contribution in [3.63, 3.8) is 0 Å². The van der Waals surface area contributed by atoms with E-state index in [2.05, 4.69) is 10.3 Å². The number of thiazole rings is 1. The first-order valence-electron chi connectivity index (χ1n) is 7.71. The van der Waals surface area contributed by atoms with Crippen molar-refractivity contribution in [1.29, 1.82) is 0 Å². The van der Waals surface area contributed by atoms with Gasteiger partial charge in [-0.25, -0.2) is 18.2 Å². The van der Waals surface area contributed by atoms with Crippen LogP contribution in [0, 0.1) is 6.92 Å². The lowest BCUT2D eigenvalue weighted by atomic mass is 10.4. The van der Waals surface area contributed by atoms with Crippen LogP contribution in [-0.2, 0) is 10.0 Å². The number of nitrogens with one attached hydrogen (secondary N) is 1. The largest absolute Gasteiger partial charge is 0.323 e. The lowest BCUT2D eigenvalue weighted by Gasteiger charge is -2.33. The van der Waals surface area contributed by atoms with Gasteiger partial charge in [0.15, 0.2) is 5.13 Å². The number of aryl methyl sites for hydroxylation is 1. The summed E-state index contributed by atoms with van der Waals surface area (Å²) in [6.45, 7) is 2.74. The summed E-state index contributed by atoms with van der Waals surface area (Å²) >= 11 is 13.3. The maximum Gasteiger partial charge on any atom is 0.323 e. The number of aromatic nitrogens is 1. The van der Waals surface area contributed by atoms with Crippen LogP contribution in [0.4, 0.5) is 9.93 Å². The highest BCUT2D eigenvalue weighted by atomic mass is 35.5. The highest BCUT2D eigenvalue weighted by Gasteiger charge is 2.32. The van der Waals surface area contributed by atoms with Crippen molar-refractivity contribution in [2.75, 3.05) is 31.5 Å². The summed E-state index contributed by atoms with van der Waals surface area (Å²) in [6.07, 6.45) is 0. The Balaban J connectivity index is 1.66. The monoisotopic (exact) mass is 434 g/mol. The molecule has 0 atom stereocenters. The van der Waals surface area contributed by atoms with Gasteiger partial charge in [0.05, 0.1) is 15.7 Å². The molecule has 140 valence electrons. The molecule has 0 saturated carbocycles. The molecule has 1 aliphatic heterocycles. The van der Waals surface area contributed by atoms with E-state index in [1.807, 2.05) is 12.3 Å². The van der Waals surface area contributed by atoms with E-state index in [0.29, 0.717) is 5.13 Å². The van der Waals surface area contributed by atoms with Crippen LogP contribution in [0.1, 0.15) is 5.69 Å². The van der Waals surface area contributed by atoms with Crippen LogP contribution in [-0.4, -0.2) is 54.8 Å². The summed E-state index contributed by atoms with van der Waals surface area (Å²) in [4.78, 5) is 18.0. The molecule has 1 N–H and O–H groups in total. The summed E-state index contributed by atoms with van der Waals surface area (Å²) < 4.78 is 26.9. The molecule has 1 aromatic heterocycles. The highest BCUT2D eigenvalue weighted by Crippen LogP contribution is 2.31. The second-order valence-electron chi connectivity index (χ2n) is 5.67. The molecule has 0 spiro atoms. The maximum atomic E-state index is 12.8. The molecular weight excluding hydrogens is 419 g/mol. The number of halogens is 2. The first-order chi connectivity index (χ1) is 12.3. The van der Waals surface area contributed by atoms with E-state index in [4.69, 9.17) is 23.2 Å². The Morgan fingerprint density at radius 3 is 2.54 bits per heavy atom. The lowest BCUT2D eigenvalue weighted by Crippen LogP contribution is -2.51. The molecular formula is C15H16Cl2N4O3S2. The predicted octanol–water partition coefficient (Wildman–Crippen LogP) is 3.30. The Labute approximate surface area is 165 Å². The summed E-state index contributed by atoms with van der Waals surface area (Å²) in [6, 6.07) is 4.21. The molecule has 11 heteroatoms. The minimum Gasteiger partial charge on any atom is -0.322 e. The summed E-state index contributed by atoms with van der Waals surface area (Å²) in [5.41, 5.74) is 0.833. The van der Waals surface area contributed by atoms with Crippen LogP contribution in [0.2, 0.25) is 10.0 Å². The lowest BCUT2D eigenvalue weighted by molar-refractivity contribution is 0.184. The third-order valence-electron chi connectivity index (χ3n) is 3.89. The highest BCUT2D eigenvalue weighted by molar-refractivity contribution is 7.89. The van der Waals surface area contributed by atoms with Gasteiger partial charge in [0.25, 0.3) is 0 Å². The van der Waals surface area contributed by atoms with Crippen molar-refractivity contribution in [1.82, 2.24) is 14.2 Å². The van der Waals surface area contributed by atoms with E-state index in [1.54, 1.807) is 11.0 Å². The van der Waals surface area contributed by atoms with Crippen molar-refractivity contribution in [3.8, 4) is 0 Å². The van der Waals surface area contributed by atoms with Gasteiger partial charge in [-0.3, -0.25) is 5.32 Å². The fraction of sp³-hybridized carbons (Fsp3) is 0.333. The van der Waals surface area contributed by atoms with Gasteiger partial charge in [-0.1, -0.05) is 29.3 Å². The molecule has 26 heavy (non-hydrogen) atoms.